The van der Waals surface area contributed by atoms with Crippen LogP contribution in [0.3, 0.4) is 0 Å². The number of rotatable bonds is 4. The number of hydrogen-bond acceptors (Lipinski definition) is 5. The second-order valence-corrected chi connectivity index (χ2v) is 7.86. The molecule has 146 valence electrons. The third-order valence-electron chi connectivity index (χ3n) is 6.20. The number of nitrogens with zero attached hydrogens (tertiary/aromatic N) is 3. The zero-order valence-electron chi connectivity index (χ0n) is 16.0. The van der Waals surface area contributed by atoms with Gasteiger partial charge in [0.05, 0.1) is 16.6 Å². The van der Waals surface area contributed by atoms with Crippen molar-refractivity contribution in [2.45, 2.75) is 45.2 Å². The van der Waals surface area contributed by atoms with E-state index in [-0.39, 0.29) is 17.0 Å². The predicted molar refractivity (Wildman–Crippen MR) is 104 cm³/mol. The maximum absolute atomic E-state index is 15.2. The molecule has 7 nitrogen and oxygen atoms in total. The zero-order valence-corrected chi connectivity index (χ0v) is 16.0. The standard InChI is InChI=1S/C19H26FN5O2/c1-10-16-14(24(13-4-5-13)19(27)25(21)18(16)26)8-15(17(10)20)23-7-6-12(9-23)11(2)22-3/h8,11-13,22H,4-7,9,21H2,1-3H3/t11-,12+/m1/s1. The summed E-state index contributed by atoms with van der Waals surface area (Å²) in [5.74, 6) is 5.71. The Hall–Kier alpha value is -2.35. The molecule has 27 heavy (non-hydrogen) atoms. The van der Waals surface area contributed by atoms with E-state index in [1.165, 1.54) is 0 Å². The van der Waals surface area contributed by atoms with E-state index in [2.05, 4.69) is 12.2 Å². The minimum Gasteiger partial charge on any atom is -0.369 e. The van der Waals surface area contributed by atoms with Gasteiger partial charge >= 0.3 is 5.69 Å². The fraction of sp³-hybridized carbons (Fsp3) is 0.579. The minimum atomic E-state index is -0.641. The Morgan fingerprint density at radius 3 is 2.63 bits per heavy atom. The third kappa shape index (κ3) is 2.74. The van der Waals surface area contributed by atoms with Crippen LogP contribution in [0.1, 0.15) is 37.8 Å². The second-order valence-electron chi connectivity index (χ2n) is 7.86. The van der Waals surface area contributed by atoms with Crippen molar-refractivity contribution in [3.05, 3.63) is 38.3 Å². The van der Waals surface area contributed by atoms with Crippen LogP contribution in [0.25, 0.3) is 10.9 Å². The van der Waals surface area contributed by atoms with Gasteiger partial charge in [-0.2, -0.15) is 4.68 Å². The summed E-state index contributed by atoms with van der Waals surface area (Å²) in [5, 5.41) is 3.46. The molecule has 2 fully saturated rings. The molecule has 1 aliphatic carbocycles. The van der Waals surface area contributed by atoms with Gasteiger partial charge in [-0.25, -0.2) is 9.18 Å². The fourth-order valence-electron chi connectivity index (χ4n) is 4.21. The molecule has 3 N–H and O–H groups in total. The quantitative estimate of drug-likeness (QED) is 0.782. The maximum Gasteiger partial charge on any atom is 0.350 e. The molecule has 4 rings (SSSR count). The van der Waals surface area contributed by atoms with Crippen molar-refractivity contribution >= 4 is 16.6 Å². The molecule has 0 unspecified atom stereocenters. The first-order chi connectivity index (χ1) is 12.8. The number of fused-ring (bicyclic) bond motifs is 1. The summed E-state index contributed by atoms with van der Waals surface area (Å²) in [5.41, 5.74) is 0.0428. The van der Waals surface area contributed by atoms with Crippen LogP contribution in [0.5, 0.6) is 0 Å². The molecular formula is C19H26FN5O2. The van der Waals surface area contributed by atoms with Crippen LogP contribution in [0.4, 0.5) is 10.1 Å². The average molecular weight is 375 g/mol. The maximum atomic E-state index is 15.2. The summed E-state index contributed by atoms with van der Waals surface area (Å²) in [7, 11) is 1.93. The fourth-order valence-corrected chi connectivity index (χ4v) is 4.21. The Morgan fingerprint density at radius 1 is 1.30 bits per heavy atom. The number of nitrogen functional groups attached to an aromatic ring is 1. The van der Waals surface area contributed by atoms with E-state index in [1.807, 2.05) is 11.9 Å². The monoisotopic (exact) mass is 375 g/mol. The molecule has 2 aliphatic rings. The minimum absolute atomic E-state index is 0.0313. The van der Waals surface area contributed by atoms with Crippen LogP contribution in [-0.2, 0) is 0 Å². The largest absolute Gasteiger partial charge is 0.369 e. The topological polar surface area (TPSA) is 85.3 Å². The van der Waals surface area contributed by atoms with E-state index in [0.717, 1.165) is 32.4 Å². The van der Waals surface area contributed by atoms with Gasteiger partial charge in [-0.1, -0.05) is 0 Å². The van der Waals surface area contributed by atoms with Crippen molar-refractivity contribution < 1.29 is 4.39 Å². The number of benzene rings is 1. The molecule has 0 amide bonds. The summed E-state index contributed by atoms with van der Waals surface area (Å²) < 4.78 is 17.4. The van der Waals surface area contributed by atoms with Crippen LogP contribution < -0.4 is 27.3 Å². The van der Waals surface area contributed by atoms with Crippen LogP contribution >= 0.6 is 0 Å². The molecule has 8 heteroatoms. The van der Waals surface area contributed by atoms with Crippen molar-refractivity contribution in [3.63, 3.8) is 0 Å². The second kappa shape index (κ2) is 6.37. The van der Waals surface area contributed by atoms with E-state index >= 15 is 4.39 Å². The molecule has 1 saturated heterocycles. The number of nitrogens with two attached hydrogens (primary N) is 1. The highest BCUT2D eigenvalue weighted by Crippen LogP contribution is 2.38. The molecule has 2 aromatic rings. The van der Waals surface area contributed by atoms with Gasteiger partial charge in [0.25, 0.3) is 5.56 Å². The van der Waals surface area contributed by atoms with Crippen LogP contribution in [0.2, 0.25) is 0 Å². The molecule has 1 aromatic heterocycles. The molecular weight excluding hydrogens is 349 g/mol. The number of halogens is 1. The van der Waals surface area contributed by atoms with Crippen molar-refractivity contribution in [1.82, 2.24) is 14.6 Å². The van der Waals surface area contributed by atoms with Crippen LogP contribution in [-0.4, -0.2) is 35.4 Å². The van der Waals surface area contributed by atoms with Crippen molar-refractivity contribution in [2.24, 2.45) is 5.92 Å². The van der Waals surface area contributed by atoms with E-state index in [0.29, 0.717) is 27.8 Å². The number of anilines is 1. The van der Waals surface area contributed by atoms with Gasteiger partial charge in [0, 0.05) is 30.7 Å². The number of hydrogen-bond donors (Lipinski definition) is 2. The SMILES string of the molecule is CN[C@H](C)[C@H]1CCN(c2cc3c(c(C)c2F)c(=O)n(N)c(=O)n3C2CC2)C1. The average Bonchev–Trinajstić information content (AvgIpc) is 3.37. The highest BCUT2D eigenvalue weighted by atomic mass is 19.1. The molecule has 0 radical (unpaired) electrons. The first-order valence-electron chi connectivity index (χ1n) is 9.52. The summed E-state index contributed by atoms with van der Waals surface area (Å²) in [6.07, 6.45) is 2.70. The van der Waals surface area contributed by atoms with Gasteiger partial charge in [-0.3, -0.25) is 9.36 Å². The van der Waals surface area contributed by atoms with Crippen LogP contribution in [0.15, 0.2) is 15.7 Å². The summed E-state index contributed by atoms with van der Waals surface area (Å²) in [6.45, 7) is 5.21. The lowest BCUT2D eigenvalue weighted by atomic mass is 10.0. The Kier molecular flexibility index (Phi) is 4.25. The molecule has 2 heterocycles. The molecule has 1 saturated carbocycles. The number of aromatic nitrogens is 2. The van der Waals surface area contributed by atoms with Gasteiger partial charge in [0.15, 0.2) is 0 Å². The van der Waals surface area contributed by atoms with Gasteiger partial charge in [0.1, 0.15) is 5.82 Å². The molecule has 1 aliphatic heterocycles. The highest BCUT2D eigenvalue weighted by molar-refractivity contribution is 5.86. The van der Waals surface area contributed by atoms with E-state index < -0.39 is 17.1 Å². The first-order valence-corrected chi connectivity index (χ1v) is 9.52. The lowest BCUT2D eigenvalue weighted by molar-refractivity contribution is 0.428. The summed E-state index contributed by atoms with van der Waals surface area (Å²) in [6, 6.07) is 2.04. The zero-order chi connectivity index (χ0) is 19.5. The van der Waals surface area contributed by atoms with Crippen molar-refractivity contribution in [1.29, 1.82) is 0 Å². The van der Waals surface area contributed by atoms with Crippen LogP contribution in [0, 0.1) is 18.7 Å². The molecule has 0 bridgehead atoms. The van der Waals surface area contributed by atoms with Gasteiger partial charge in [-0.05, 0) is 52.1 Å². The molecule has 2 atom stereocenters. The first kappa shape index (κ1) is 18.0. The van der Waals surface area contributed by atoms with E-state index in [1.54, 1.807) is 17.6 Å². The summed E-state index contributed by atoms with van der Waals surface area (Å²) in [4.78, 5) is 27.2. The van der Waals surface area contributed by atoms with Crippen molar-refractivity contribution in [2.75, 3.05) is 30.9 Å². The lowest BCUT2D eigenvalue weighted by Gasteiger charge is -2.24. The normalized spacial score (nSPS) is 21.2. The van der Waals surface area contributed by atoms with E-state index in [4.69, 9.17) is 5.84 Å². The smallest absolute Gasteiger partial charge is 0.350 e. The number of aryl methyl sites for hydroxylation is 1. The predicted octanol–water partition coefficient (Wildman–Crippen LogP) is 1.09. The number of nitrogens with one attached hydrogen (secondary N) is 1. The van der Waals surface area contributed by atoms with Crippen molar-refractivity contribution in [3.8, 4) is 0 Å². The lowest BCUT2D eigenvalue weighted by Crippen LogP contribution is -2.44. The molecule has 1 aromatic carbocycles. The molecule has 0 spiro atoms. The Balaban J connectivity index is 1.90. The Morgan fingerprint density at radius 2 is 2.00 bits per heavy atom. The third-order valence-corrected chi connectivity index (χ3v) is 6.20. The van der Waals surface area contributed by atoms with Gasteiger partial charge < -0.3 is 16.1 Å². The van der Waals surface area contributed by atoms with Gasteiger partial charge in [-0.15, -0.1) is 0 Å². The van der Waals surface area contributed by atoms with Gasteiger partial charge in [0.2, 0.25) is 0 Å². The Labute approximate surface area is 156 Å². The highest BCUT2D eigenvalue weighted by Gasteiger charge is 2.32. The summed E-state index contributed by atoms with van der Waals surface area (Å²) >= 11 is 0. The van der Waals surface area contributed by atoms with E-state index in [9.17, 15) is 9.59 Å². The Bertz CT molecular complexity index is 1020.